The molecule has 0 aliphatic carbocycles. The monoisotopic (exact) mass is 434 g/mol. The van der Waals surface area contributed by atoms with E-state index in [2.05, 4.69) is 50.8 Å². The van der Waals surface area contributed by atoms with Gasteiger partial charge in [-0.2, -0.15) is 5.10 Å². The molecule has 0 radical (unpaired) electrons. The van der Waals surface area contributed by atoms with Crippen molar-refractivity contribution in [1.82, 2.24) is 9.78 Å². The Morgan fingerprint density at radius 1 is 1.33 bits per heavy atom. The number of hydrogen-bond donors (Lipinski definition) is 0. The third-order valence-corrected chi connectivity index (χ3v) is 4.76. The van der Waals surface area contributed by atoms with E-state index in [1.54, 1.807) is 0 Å². The van der Waals surface area contributed by atoms with Crippen LogP contribution >= 0.6 is 43.5 Å². The van der Waals surface area contributed by atoms with Crippen molar-refractivity contribution in [3.63, 3.8) is 0 Å². The molecule has 0 saturated carbocycles. The predicted molar refractivity (Wildman–Crippen MR) is 93.4 cm³/mol. The van der Waals surface area contributed by atoms with Gasteiger partial charge in [0, 0.05) is 21.9 Å². The molecule has 1 aromatic carbocycles. The second-order valence-corrected chi connectivity index (χ2v) is 6.41. The summed E-state index contributed by atoms with van der Waals surface area (Å²) in [5.74, 6) is 0.855. The fraction of sp³-hybridized carbons (Fsp3) is 0.400. The highest BCUT2D eigenvalue weighted by atomic mass is 79.9. The predicted octanol–water partition coefficient (Wildman–Crippen LogP) is 5.36. The number of aromatic nitrogens is 2. The van der Waals surface area contributed by atoms with Gasteiger partial charge in [-0.25, -0.2) is 0 Å². The van der Waals surface area contributed by atoms with E-state index in [0.29, 0.717) is 6.61 Å². The molecule has 2 aromatic rings. The van der Waals surface area contributed by atoms with Crippen LogP contribution in [0.15, 0.2) is 22.7 Å². The number of benzene rings is 1. The SMILES string of the molecule is CCc1nn(CC)c(COc2ccc(Br)cc2CBr)c1Cl. The van der Waals surface area contributed by atoms with E-state index < -0.39 is 0 Å². The summed E-state index contributed by atoms with van der Waals surface area (Å²) in [6, 6.07) is 5.97. The Hall–Kier alpha value is -0.520. The molecule has 0 aliphatic heterocycles. The maximum absolute atomic E-state index is 6.39. The highest BCUT2D eigenvalue weighted by Gasteiger charge is 2.15. The number of ether oxygens (including phenoxy) is 1. The maximum Gasteiger partial charge on any atom is 0.131 e. The van der Waals surface area contributed by atoms with Crippen LogP contribution in [0.2, 0.25) is 5.02 Å². The normalized spacial score (nSPS) is 10.9. The van der Waals surface area contributed by atoms with Gasteiger partial charge in [0.05, 0.1) is 16.4 Å². The first kappa shape index (κ1) is 16.8. The Bertz CT molecular complexity index is 628. The molecular formula is C15H17Br2ClN2O. The minimum Gasteiger partial charge on any atom is -0.487 e. The summed E-state index contributed by atoms with van der Waals surface area (Å²) in [7, 11) is 0. The lowest BCUT2D eigenvalue weighted by Gasteiger charge is -2.11. The molecule has 0 spiro atoms. The topological polar surface area (TPSA) is 27.1 Å². The van der Waals surface area contributed by atoms with E-state index in [0.717, 1.165) is 50.5 Å². The van der Waals surface area contributed by atoms with Gasteiger partial charge in [-0.3, -0.25) is 4.68 Å². The van der Waals surface area contributed by atoms with Gasteiger partial charge in [-0.05, 0) is 31.5 Å². The van der Waals surface area contributed by atoms with E-state index in [4.69, 9.17) is 16.3 Å². The molecule has 2 rings (SSSR count). The number of nitrogens with zero attached hydrogens (tertiary/aromatic N) is 2. The minimum atomic E-state index is 0.418. The van der Waals surface area contributed by atoms with Crippen molar-refractivity contribution in [3.8, 4) is 5.75 Å². The van der Waals surface area contributed by atoms with Crippen molar-refractivity contribution in [2.45, 2.75) is 38.8 Å². The lowest BCUT2D eigenvalue weighted by molar-refractivity contribution is 0.290. The zero-order valence-electron chi connectivity index (χ0n) is 12.0. The molecule has 1 heterocycles. The van der Waals surface area contributed by atoms with Crippen molar-refractivity contribution in [1.29, 1.82) is 0 Å². The Labute approximate surface area is 146 Å². The molecule has 21 heavy (non-hydrogen) atoms. The highest BCUT2D eigenvalue weighted by molar-refractivity contribution is 9.10. The molecule has 0 atom stereocenters. The van der Waals surface area contributed by atoms with Crippen molar-refractivity contribution < 1.29 is 4.74 Å². The van der Waals surface area contributed by atoms with Gasteiger partial charge in [-0.15, -0.1) is 0 Å². The van der Waals surface area contributed by atoms with Crippen LogP contribution in [0, 0.1) is 0 Å². The molecule has 0 amide bonds. The summed E-state index contributed by atoms with van der Waals surface area (Å²) >= 11 is 13.3. The Balaban J connectivity index is 2.22. The summed E-state index contributed by atoms with van der Waals surface area (Å²) in [5.41, 5.74) is 2.95. The van der Waals surface area contributed by atoms with E-state index in [1.165, 1.54) is 0 Å². The zero-order chi connectivity index (χ0) is 15.4. The molecule has 0 saturated heterocycles. The van der Waals surface area contributed by atoms with Gasteiger partial charge in [-0.1, -0.05) is 50.4 Å². The van der Waals surface area contributed by atoms with Gasteiger partial charge >= 0.3 is 0 Å². The molecule has 0 bridgehead atoms. The van der Waals surface area contributed by atoms with E-state index in [9.17, 15) is 0 Å². The lowest BCUT2D eigenvalue weighted by Crippen LogP contribution is -2.07. The largest absolute Gasteiger partial charge is 0.487 e. The van der Waals surface area contributed by atoms with E-state index in [1.807, 2.05) is 22.9 Å². The van der Waals surface area contributed by atoms with Gasteiger partial charge in [0.15, 0.2) is 0 Å². The molecule has 6 heteroatoms. The fourth-order valence-electron chi connectivity index (χ4n) is 2.09. The first-order valence-corrected chi connectivity index (χ1v) is 9.11. The third kappa shape index (κ3) is 3.82. The van der Waals surface area contributed by atoms with Crippen LogP contribution in [0.5, 0.6) is 5.75 Å². The van der Waals surface area contributed by atoms with Gasteiger partial charge in [0.2, 0.25) is 0 Å². The second-order valence-electron chi connectivity index (χ2n) is 4.55. The van der Waals surface area contributed by atoms with Crippen LogP contribution in [0.1, 0.15) is 30.8 Å². The van der Waals surface area contributed by atoms with Gasteiger partial charge < -0.3 is 4.74 Å². The number of rotatable bonds is 6. The molecule has 0 N–H and O–H groups in total. The first-order valence-electron chi connectivity index (χ1n) is 6.81. The number of aryl methyl sites for hydroxylation is 2. The molecule has 1 aromatic heterocycles. The van der Waals surface area contributed by atoms with Crippen LogP contribution < -0.4 is 4.74 Å². The number of alkyl halides is 1. The van der Waals surface area contributed by atoms with Crippen LogP contribution in [-0.2, 0) is 24.9 Å². The Morgan fingerprint density at radius 3 is 2.71 bits per heavy atom. The van der Waals surface area contributed by atoms with Crippen LogP contribution in [0.3, 0.4) is 0 Å². The van der Waals surface area contributed by atoms with Crippen LogP contribution in [0.25, 0.3) is 0 Å². The lowest BCUT2D eigenvalue weighted by atomic mass is 10.2. The Morgan fingerprint density at radius 2 is 2.10 bits per heavy atom. The van der Waals surface area contributed by atoms with Gasteiger partial charge in [0.1, 0.15) is 12.4 Å². The van der Waals surface area contributed by atoms with Crippen molar-refractivity contribution >= 4 is 43.5 Å². The standard InChI is InChI=1S/C15H17Br2ClN2O/c1-3-12-15(18)13(20(4-2)19-12)9-21-14-6-5-11(17)7-10(14)8-16/h5-7H,3-4,8-9H2,1-2H3. The smallest absolute Gasteiger partial charge is 0.131 e. The molecule has 0 unspecified atom stereocenters. The average molecular weight is 437 g/mol. The van der Waals surface area contributed by atoms with Crippen molar-refractivity contribution in [2.24, 2.45) is 0 Å². The summed E-state index contributed by atoms with van der Waals surface area (Å²) < 4.78 is 8.90. The zero-order valence-corrected chi connectivity index (χ0v) is 15.9. The quantitative estimate of drug-likeness (QED) is 0.571. The van der Waals surface area contributed by atoms with Crippen molar-refractivity contribution in [3.05, 3.63) is 44.6 Å². The van der Waals surface area contributed by atoms with Crippen molar-refractivity contribution in [2.75, 3.05) is 0 Å². The molecule has 3 nitrogen and oxygen atoms in total. The molecular weight excluding hydrogens is 419 g/mol. The number of halogens is 3. The van der Waals surface area contributed by atoms with E-state index in [-0.39, 0.29) is 0 Å². The van der Waals surface area contributed by atoms with Gasteiger partial charge in [0.25, 0.3) is 0 Å². The molecule has 0 aliphatic rings. The van der Waals surface area contributed by atoms with E-state index >= 15 is 0 Å². The van der Waals surface area contributed by atoms with Crippen LogP contribution in [0.4, 0.5) is 0 Å². The first-order chi connectivity index (χ1) is 10.1. The molecule has 114 valence electrons. The second kappa shape index (κ2) is 7.65. The highest BCUT2D eigenvalue weighted by Crippen LogP contribution is 2.28. The minimum absolute atomic E-state index is 0.418. The third-order valence-electron chi connectivity index (χ3n) is 3.23. The molecule has 0 fully saturated rings. The Kier molecular flexibility index (Phi) is 6.14. The number of hydrogen-bond acceptors (Lipinski definition) is 2. The fourth-order valence-corrected chi connectivity index (χ4v) is 3.26. The summed E-state index contributed by atoms with van der Waals surface area (Å²) in [4.78, 5) is 0. The average Bonchev–Trinajstić information content (AvgIpc) is 2.81. The maximum atomic E-state index is 6.39. The summed E-state index contributed by atoms with van der Waals surface area (Å²) in [5, 5.41) is 5.96. The summed E-state index contributed by atoms with van der Waals surface area (Å²) in [6.07, 6.45) is 0.823. The summed E-state index contributed by atoms with van der Waals surface area (Å²) in [6.45, 7) is 5.30. The van der Waals surface area contributed by atoms with Crippen LogP contribution in [-0.4, -0.2) is 9.78 Å².